The molecule has 1 saturated carbocycles. The molecule has 1 aromatic rings. The first-order valence-electron chi connectivity index (χ1n) is 4.86. The minimum atomic E-state index is -0.820. The number of carboxylic acid groups (broad SMARTS) is 1. The van der Waals surface area contributed by atoms with E-state index >= 15 is 0 Å². The summed E-state index contributed by atoms with van der Waals surface area (Å²) >= 11 is 0. The zero-order chi connectivity index (χ0) is 10.2. The summed E-state index contributed by atoms with van der Waals surface area (Å²) in [5.41, 5.74) is 0.858. The average Bonchev–Trinajstić information content (AvgIpc) is 2.47. The maximum absolute atomic E-state index is 10.5. The molecule has 0 radical (unpaired) electrons. The third-order valence-electron chi connectivity index (χ3n) is 3.00. The number of nitrogens with zero attached hydrogens (tertiary/aromatic N) is 1. The van der Waals surface area contributed by atoms with Crippen LogP contribution in [0, 0.1) is 0 Å². The molecule has 1 aliphatic carbocycles. The van der Waals surface area contributed by atoms with Crippen molar-refractivity contribution < 1.29 is 9.90 Å². The smallest absolute Gasteiger partial charge is 0.309 e. The monoisotopic (exact) mass is 194 g/mol. The van der Waals surface area contributed by atoms with E-state index in [1.54, 1.807) is 6.20 Å². The number of imidazole rings is 1. The first kappa shape index (κ1) is 9.24. The second kappa shape index (κ2) is 3.12. The van der Waals surface area contributed by atoms with E-state index in [9.17, 15) is 4.79 Å². The lowest BCUT2D eigenvalue weighted by molar-refractivity contribution is -0.136. The summed E-state index contributed by atoms with van der Waals surface area (Å²) in [6, 6.07) is 0. The summed E-state index contributed by atoms with van der Waals surface area (Å²) < 4.78 is 0. The highest BCUT2D eigenvalue weighted by molar-refractivity contribution is 5.69. The topological polar surface area (TPSA) is 66.0 Å². The Morgan fingerprint density at radius 3 is 2.93 bits per heavy atom. The van der Waals surface area contributed by atoms with Crippen molar-refractivity contribution in [1.82, 2.24) is 9.97 Å². The molecule has 0 amide bonds. The standard InChI is InChI=1S/C10H14N2O2/c1-10(3-2-4-10)9-11-6-7(12-9)5-8(13)14/h6H,2-5H2,1H3,(H,11,12)(H,13,14). The molecule has 0 unspecified atom stereocenters. The van der Waals surface area contributed by atoms with Crippen LogP contribution in [0.15, 0.2) is 6.20 Å². The molecule has 1 heterocycles. The van der Waals surface area contributed by atoms with Gasteiger partial charge in [-0.3, -0.25) is 4.79 Å². The lowest BCUT2D eigenvalue weighted by Gasteiger charge is -2.36. The van der Waals surface area contributed by atoms with E-state index in [0.717, 1.165) is 18.7 Å². The van der Waals surface area contributed by atoms with Gasteiger partial charge in [-0.15, -0.1) is 0 Å². The number of nitrogens with one attached hydrogen (secondary N) is 1. The summed E-state index contributed by atoms with van der Waals surface area (Å²) in [6.07, 6.45) is 5.20. The van der Waals surface area contributed by atoms with Crippen LogP contribution in [0.5, 0.6) is 0 Å². The van der Waals surface area contributed by atoms with Gasteiger partial charge < -0.3 is 10.1 Å². The molecule has 1 fully saturated rings. The van der Waals surface area contributed by atoms with Crippen molar-refractivity contribution in [3.8, 4) is 0 Å². The Labute approximate surface area is 82.4 Å². The van der Waals surface area contributed by atoms with Crippen molar-refractivity contribution in [1.29, 1.82) is 0 Å². The van der Waals surface area contributed by atoms with Crippen molar-refractivity contribution >= 4 is 5.97 Å². The lowest BCUT2D eigenvalue weighted by atomic mass is 9.70. The van der Waals surface area contributed by atoms with E-state index < -0.39 is 5.97 Å². The fourth-order valence-corrected chi connectivity index (χ4v) is 1.86. The molecule has 0 saturated heterocycles. The minimum absolute atomic E-state index is 0.0308. The predicted molar refractivity (Wildman–Crippen MR) is 51.1 cm³/mol. The van der Waals surface area contributed by atoms with Gasteiger partial charge in [-0.25, -0.2) is 4.98 Å². The van der Waals surface area contributed by atoms with Crippen LogP contribution in [-0.2, 0) is 16.6 Å². The number of hydrogen-bond acceptors (Lipinski definition) is 2. The van der Waals surface area contributed by atoms with E-state index in [1.807, 2.05) is 0 Å². The maximum Gasteiger partial charge on any atom is 0.309 e. The van der Waals surface area contributed by atoms with Crippen LogP contribution in [0.1, 0.15) is 37.7 Å². The van der Waals surface area contributed by atoms with Gasteiger partial charge >= 0.3 is 5.97 Å². The molecule has 76 valence electrons. The normalized spacial score (nSPS) is 18.9. The molecule has 0 bridgehead atoms. The molecule has 0 aliphatic heterocycles. The summed E-state index contributed by atoms with van der Waals surface area (Å²) in [5, 5.41) is 8.60. The molecule has 14 heavy (non-hydrogen) atoms. The number of carboxylic acids is 1. The van der Waals surface area contributed by atoms with Gasteiger partial charge in [-0.05, 0) is 12.8 Å². The number of aromatic nitrogens is 2. The number of aliphatic carboxylic acids is 1. The number of rotatable bonds is 3. The van der Waals surface area contributed by atoms with Crippen LogP contribution in [-0.4, -0.2) is 21.0 Å². The highest BCUT2D eigenvalue weighted by Crippen LogP contribution is 2.41. The molecule has 0 aromatic carbocycles. The fraction of sp³-hybridized carbons (Fsp3) is 0.600. The second-order valence-corrected chi connectivity index (χ2v) is 4.24. The van der Waals surface area contributed by atoms with Crippen LogP contribution < -0.4 is 0 Å². The Morgan fingerprint density at radius 2 is 2.43 bits per heavy atom. The quantitative estimate of drug-likeness (QED) is 0.765. The van der Waals surface area contributed by atoms with E-state index in [1.165, 1.54) is 6.42 Å². The molecule has 0 atom stereocenters. The van der Waals surface area contributed by atoms with Gasteiger partial charge in [0.25, 0.3) is 0 Å². The molecule has 0 spiro atoms. The van der Waals surface area contributed by atoms with Crippen LogP contribution >= 0.6 is 0 Å². The third-order valence-corrected chi connectivity index (χ3v) is 3.00. The molecular formula is C10H14N2O2. The van der Waals surface area contributed by atoms with Crippen LogP contribution in [0.2, 0.25) is 0 Å². The van der Waals surface area contributed by atoms with Gasteiger partial charge in [0.15, 0.2) is 0 Å². The highest BCUT2D eigenvalue weighted by atomic mass is 16.4. The second-order valence-electron chi connectivity index (χ2n) is 4.24. The first-order chi connectivity index (χ1) is 6.60. The van der Waals surface area contributed by atoms with Gasteiger partial charge in [-0.2, -0.15) is 0 Å². The Bertz CT molecular complexity index is 353. The van der Waals surface area contributed by atoms with Gasteiger partial charge in [0.2, 0.25) is 0 Å². The summed E-state index contributed by atoms with van der Waals surface area (Å²) in [6.45, 7) is 2.17. The van der Waals surface area contributed by atoms with Crippen molar-refractivity contribution in [2.45, 2.75) is 38.0 Å². The Kier molecular flexibility index (Phi) is 2.06. The number of hydrogen-bond donors (Lipinski definition) is 2. The molecule has 1 aliphatic rings. The SMILES string of the molecule is CC1(c2ncc(CC(=O)O)[nH]2)CCC1. The van der Waals surface area contributed by atoms with Crippen LogP contribution in [0.4, 0.5) is 0 Å². The Hall–Kier alpha value is -1.32. The number of carbonyl (C=O) groups is 1. The molecular weight excluding hydrogens is 180 g/mol. The zero-order valence-corrected chi connectivity index (χ0v) is 8.21. The Balaban J connectivity index is 2.13. The van der Waals surface area contributed by atoms with Gasteiger partial charge in [0.05, 0.1) is 6.42 Å². The summed E-state index contributed by atoms with van der Waals surface area (Å²) in [4.78, 5) is 17.8. The Morgan fingerprint density at radius 1 is 1.71 bits per heavy atom. The average molecular weight is 194 g/mol. The van der Waals surface area contributed by atoms with Crippen molar-refractivity contribution in [2.24, 2.45) is 0 Å². The predicted octanol–water partition coefficient (Wildman–Crippen LogP) is 1.48. The summed E-state index contributed by atoms with van der Waals surface area (Å²) in [5.74, 6) is 0.124. The summed E-state index contributed by atoms with van der Waals surface area (Å²) in [7, 11) is 0. The van der Waals surface area contributed by atoms with Gasteiger partial charge in [-0.1, -0.05) is 13.3 Å². The molecule has 1 aromatic heterocycles. The van der Waals surface area contributed by atoms with Crippen molar-refractivity contribution in [2.75, 3.05) is 0 Å². The maximum atomic E-state index is 10.5. The van der Waals surface area contributed by atoms with Crippen molar-refractivity contribution in [3.05, 3.63) is 17.7 Å². The van der Waals surface area contributed by atoms with E-state index in [-0.39, 0.29) is 11.8 Å². The van der Waals surface area contributed by atoms with Crippen LogP contribution in [0.25, 0.3) is 0 Å². The zero-order valence-electron chi connectivity index (χ0n) is 8.21. The van der Waals surface area contributed by atoms with E-state index in [2.05, 4.69) is 16.9 Å². The number of H-pyrrole nitrogens is 1. The van der Waals surface area contributed by atoms with Gasteiger partial charge in [0, 0.05) is 17.3 Å². The van der Waals surface area contributed by atoms with Gasteiger partial charge in [0.1, 0.15) is 5.82 Å². The number of aromatic amines is 1. The minimum Gasteiger partial charge on any atom is -0.481 e. The van der Waals surface area contributed by atoms with E-state index in [4.69, 9.17) is 5.11 Å². The van der Waals surface area contributed by atoms with Crippen LogP contribution in [0.3, 0.4) is 0 Å². The largest absolute Gasteiger partial charge is 0.481 e. The molecule has 2 rings (SSSR count). The lowest BCUT2D eigenvalue weighted by Crippen LogP contribution is -2.31. The third kappa shape index (κ3) is 1.52. The van der Waals surface area contributed by atoms with Crippen molar-refractivity contribution in [3.63, 3.8) is 0 Å². The fourth-order valence-electron chi connectivity index (χ4n) is 1.86. The van der Waals surface area contributed by atoms with E-state index in [0.29, 0.717) is 5.69 Å². The molecule has 4 nitrogen and oxygen atoms in total. The molecule has 2 N–H and O–H groups in total. The highest BCUT2D eigenvalue weighted by Gasteiger charge is 2.36. The molecule has 4 heteroatoms. The first-order valence-corrected chi connectivity index (χ1v) is 4.86.